The van der Waals surface area contributed by atoms with Gasteiger partial charge in [0.1, 0.15) is 17.1 Å². The number of thioether (sulfide) groups is 2. The summed E-state index contributed by atoms with van der Waals surface area (Å²) in [5, 5.41) is 8.34. The maximum atomic E-state index is 11.5. The fraction of sp³-hybridized carbons (Fsp3) is 0.500. The van der Waals surface area contributed by atoms with Crippen LogP contribution in [0.2, 0.25) is 0 Å². The van der Waals surface area contributed by atoms with E-state index in [9.17, 15) is 4.79 Å². The Hall–Kier alpha value is -0.990. The molecule has 2 aromatic rings. The van der Waals surface area contributed by atoms with Gasteiger partial charge in [-0.05, 0) is 19.4 Å². The molecule has 0 aliphatic carbocycles. The molecule has 0 atom stereocenters. The molecule has 0 amide bonds. The Morgan fingerprint density at radius 1 is 1.36 bits per heavy atom. The third-order valence-electron chi connectivity index (χ3n) is 2.82. The van der Waals surface area contributed by atoms with Gasteiger partial charge < -0.3 is 9.15 Å². The van der Waals surface area contributed by atoms with Crippen molar-refractivity contribution in [1.29, 1.82) is 0 Å². The number of unbranched alkanes of at least 4 members (excludes halogenated alkanes) is 1. The summed E-state index contributed by atoms with van der Waals surface area (Å²) in [7, 11) is 1.36. The van der Waals surface area contributed by atoms with Crippen LogP contribution < -0.4 is 0 Å². The number of furan rings is 1. The first-order valence-corrected chi connectivity index (χ1v) is 9.69. The molecule has 0 aromatic carbocycles. The highest BCUT2D eigenvalue weighted by Gasteiger charge is 2.16. The quantitative estimate of drug-likeness (QED) is 0.393. The average Bonchev–Trinajstić information content (AvgIpc) is 3.11. The van der Waals surface area contributed by atoms with E-state index in [1.807, 2.05) is 0 Å². The van der Waals surface area contributed by atoms with Crippen molar-refractivity contribution in [3.8, 4) is 0 Å². The second-order valence-electron chi connectivity index (χ2n) is 4.50. The number of aryl methyl sites for hydroxylation is 1. The summed E-state index contributed by atoms with van der Waals surface area (Å²) in [6, 6.07) is 1.73. The SMILES string of the molecule is CCCCSc1nnc(SCc2cc(C(=O)OC)c(C)o2)s1. The number of hydrogen-bond donors (Lipinski definition) is 0. The Morgan fingerprint density at radius 2 is 2.09 bits per heavy atom. The van der Waals surface area contributed by atoms with E-state index in [-0.39, 0.29) is 5.97 Å². The Bertz CT molecular complexity index is 625. The highest BCUT2D eigenvalue weighted by atomic mass is 32.2. The minimum Gasteiger partial charge on any atom is -0.465 e. The minimum atomic E-state index is -0.372. The predicted molar refractivity (Wildman–Crippen MR) is 89.9 cm³/mol. The molecular formula is C14H18N2O3S3. The fourth-order valence-electron chi connectivity index (χ4n) is 1.68. The van der Waals surface area contributed by atoms with Crippen LogP contribution in [0.5, 0.6) is 0 Å². The van der Waals surface area contributed by atoms with Crippen molar-refractivity contribution in [2.45, 2.75) is 41.1 Å². The molecule has 0 spiro atoms. The highest BCUT2D eigenvalue weighted by molar-refractivity contribution is 8.02. The van der Waals surface area contributed by atoms with Crippen LogP contribution in [0.3, 0.4) is 0 Å². The third-order valence-corrected chi connectivity index (χ3v) is 6.12. The molecule has 0 fully saturated rings. The summed E-state index contributed by atoms with van der Waals surface area (Å²) in [5.74, 6) is 2.64. The molecule has 2 heterocycles. The van der Waals surface area contributed by atoms with Gasteiger partial charge in [0.2, 0.25) is 0 Å². The van der Waals surface area contributed by atoms with Gasteiger partial charge in [0.25, 0.3) is 0 Å². The molecule has 0 aliphatic rings. The summed E-state index contributed by atoms with van der Waals surface area (Å²) < 4.78 is 12.2. The van der Waals surface area contributed by atoms with Crippen LogP contribution in [0.4, 0.5) is 0 Å². The van der Waals surface area contributed by atoms with E-state index in [1.54, 1.807) is 47.9 Å². The largest absolute Gasteiger partial charge is 0.465 e. The number of carbonyl (C=O) groups is 1. The van der Waals surface area contributed by atoms with Crippen molar-refractivity contribution >= 4 is 40.8 Å². The first-order valence-electron chi connectivity index (χ1n) is 6.90. The zero-order valence-electron chi connectivity index (χ0n) is 12.7. The number of ether oxygens (including phenoxy) is 1. The average molecular weight is 359 g/mol. The minimum absolute atomic E-state index is 0.372. The van der Waals surface area contributed by atoms with Crippen LogP contribution in [0.25, 0.3) is 0 Å². The molecule has 0 saturated carbocycles. The van der Waals surface area contributed by atoms with Crippen molar-refractivity contribution in [2.75, 3.05) is 12.9 Å². The second-order valence-corrected chi connectivity index (χ2v) is 8.04. The van der Waals surface area contributed by atoms with Gasteiger partial charge in [-0.15, -0.1) is 10.2 Å². The van der Waals surface area contributed by atoms with Gasteiger partial charge in [0.05, 0.1) is 12.9 Å². The van der Waals surface area contributed by atoms with Crippen molar-refractivity contribution in [3.05, 3.63) is 23.2 Å². The van der Waals surface area contributed by atoms with Crippen molar-refractivity contribution in [3.63, 3.8) is 0 Å². The second kappa shape index (κ2) is 8.59. The molecule has 0 unspecified atom stereocenters. The Labute approximate surface area is 142 Å². The van der Waals surface area contributed by atoms with Gasteiger partial charge in [0.15, 0.2) is 8.68 Å². The smallest absolute Gasteiger partial charge is 0.341 e. The monoisotopic (exact) mass is 358 g/mol. The zero-order valence-corrected chi connectivity index (χ0v) is 15.2. The van der Waals surface area contributed by atoms with Crippen LogP contribution in [-0.4, -0.2) is 29.0 Å². The Morgan fingerprint density at radius 3 is 2.77 bits per heavy atom. The van der Waals surface area contributed by atoms with Crippen molar-refractivity contribution in [2.24, 2.45) is 0 Å². The summed E-state index contributed by atoms with van der Waals surface area (Å²) >= 11 is 4.90. The maximum absolute atomic E-state index is 11.5. The van der Waals surface area contributed by atoms with Gasteiger partial charge >= 0.3 is 5.97 Å². The highest BCUT2D eigenvalue weighted by Crippen LogP contribution is 2.31. The topological polar surface area (TPSA) is 65.2 Å². The van der Waals surface area contributed by atoms with E-state index >= 15 is 0 Å². The molecule has 2 rings (SSSR count). The standard InChI is InChI=1S/C14H18N2O3S3/c1-4-5-6-20-13-15-16-14(22-13)21-8-10-7-11(9(2)19-10)12(17)18-3/h7H,4-6,8H2,1-3H3. The fourth-order valence-corrected chi connectivity index (χ4v) is 4.73. The lowest BCUT2D eigenvalue weighted by Crippen LogP contribution is -2.00. The molecule has 0 bridgehead atoms. The van der Waals surface area contributed by atoms with Crippen molar-refractivity contribution in [1.82, 2.24) is 10.2 Å². The number of carbonyl (C=O) groups excluding carboxylic acids is 1. The van der Waals surface area contributed by atoms with Gasteiger partial charge in [-0.1, -0.05) is 48.2 Å². The molecule has 2 aromatic heterocycles. The maximum Gasteiger partial charge on any atom is 0.341 e. The van der Waals surface area contributed by atoms with Crippen LogP contribution in [-0.2, 0) is 10.5 Å². The van der Waals surface area contributed by atoms with E-state index in [1.165, 1.54) is 20.0 Å². The number of rotatable bonds is 8. The summed E-state index contributed by atoms with van der Waals surface area (Å²) in [5.41, 5.74) is 0.478. The lowest BCUT2D eigenvalue weighted by Gasteiger charge is -1.93. The first-order chi connectivity index (χ1) is 10.6. The molecular weight excluding hydrogens is 340 g/mol. The van der Waals surface area contributed by atoms with E-state index < -0.39 is 0 Å². The number of esters is 1. The molecule has 120 valence electrons. The van der Waals surface area contributed by atoms with E-state index in [4.69, 9.17) is 9.15 Å². The molecule has 0 radical (unpaired) electrons. The molecule has 0 aliphatic heterocycles. The Balaban J connectivity index is 1.89. The third kappa shape index (κ3) is 4.76. The lowest BCUT2D eigenvalue weighted by atomic mass is 10.2. The van der Waals surface area contributed by atoms with Gasteiger partial charge in [-0.3, -0.25) is 0 Å². The van der Waals surface area contributed by atoms with Gasteiger partial charge in [-0.25, -0.2) is 4.79 Å². The van der Waals surface area contributed by atoms with Crippen LogP contribution in [0.15, 0.2) is 19.2 Å². The van der Waals surface area contributed by atoms with Crippen molar-refractivity contribution < 1.29 is 13.9 Å². The summed E-state index contributed by atoms with van der Waals surface area (Å²) in [6.45, 7) is 3.93. The molecule has 0 saturated heterocycles. The predicted octanol–water partition coefficient (Wildman–Crippen LogP) is 4.41. The lowest BCUT2D eigenvalue weighted by molar-refractivity contribution is 0.0599. The molecule has 22 heavy (non-hydrogen) atoms. The number of hydrogen-bond acceptors (Lipinski definition) is 8. The number of nitrogens with zero attached hydrogens (tertiary/aromatic N) is 2. The van der Waals surface area contributed by atoms with Gasteiger partial charge in [-0.2, -0.15) is 0 Å². The number of aromatic nitrogens is 2. The molecule has 8 heteroatoms. The van der Waals surface area contributed by atoms with Gasteiger partial charge in [0, 0.05) is 5.75 Å². The zero-order chi connectivity index (χ0) is 15.9. The van der Waals surface area contributed by atoms with E-state index in [2.05, 4.69) is 17.1 Å². The number of methoxy groups -OCH3 is 1. The normalized spacial score (nSPS) is 10.9. The van der Waals surface area contributed by atoms with Crippen LogP contribution >= 0.6 is 34.9 Å². The Kier molecular flexibility index (Phi) is 6.78. The van der Waals surface area contributed by atoms with E-state index in [0.717, 1.165) is 20.2 Å². The van der Waals surface area contributed by atoms with Crippen LogP contribution in [0.1, 0.15) is 41.6 Å². The first kappa shape index (κ1) is 17.4. The van der Waals surface area contributed by atoms with Crippen LogP contribution in [0, 0.1) is 6.92 Å². The molecule has 5 nitrogen and oxygen atoms in total. The summed E-state index contributed by atoms with van der Waals surface area (Å²) in [6.07, 6.45) is 2.38. The molecule has 0 N–H and O–H groups in total. The summed E-state index contributed by atoms with van der Waals surface area (Å²) in [4.78, 5) is 11.5. The van der Waals surface area contributed by atoms with E-state index in [0.29, 0.717) is 17.1 Å².